The van der Waals surface area contributed by atoms with Crippen LogP contribution in [0.3, 0.4) is 0 Å². The maximum atomic E-state index is 13.2. The van der Waals surface area contributed by atoms with Gasteiger partial charge in [0.2, 0.25) is 5.91 Å². The topological polar surface area (TPSA) is 39.9 Å². The molecule has 6 heteroatoms. The first-order chi connectivity index (χ1) is 13.6. The van der Waals surface area contributed by atoms with E-state index in [4.69, 9.17) is 4.42 Å². The molecule has 2 fully saturated rings. The molecule has 0 atom stereocenters. The van der Waals surface area contributed by atoms with Gasteiger partial charge in [0.1, 0.15) is 17.3 Å². The van der Waals surface area contributed by atoms with E-state index in [1.165, 1.54) is 12.1 Å². The number of hydrogen-bond acceptors (Lipinski definition) is 4. The first kappa shape index (κ1) is 19.0. The summed E-state index contributed by atoms with van der Waals surface area (Å²) in [6, 6.07) is 10.9. The largest absolute Gasteiger partial charge is 0.464 e. The van der Waals surface area contributed by atoms with Crippen LogP contribution in [0.15, 0.2) is 40.8 Å². The van der Waals surface area contributed by atoms with Crippen LogP contribution in [0.2, 0.25) is 0 Å². The first-order valence-corrected chi connectivity index (χ1v) is 10.2. The van der Waals surface area contributed by atoms with E-state index in [1.54, 1.807) is 0 Å². The SMILES string of the molecule is Cc1ccc(CN(C(=O)CN2CCCN(c3ccc(F)cc3)CC2)C2CC2)o1. The summed E-state index contributed by atoms with van der Waals surface area (Å²) >= 11 is 0. The van der Waals surface area contributed by atoms with Gasteiger partial charge in [-0.1, -0.05) is 0 Å². The van der Waals surface area contributed by atoms with Crippen molar-refractivity contribution in [1.82, 2.24) is 9.80 Å². The third-order valence-electron chi connectivity index (χ3n) is 5.57. The highest BCUT2D eigenvalue weighted by Gasteiger charge is 2.33. The maximum absolute atomic E-state index is 13.2. The molecular formula is C22H28FN3O2. The van der Waals surface area contributed by atoms with Crippen LogP contribution in [-0.2, 0) is 11.3 Å². The van der Waals surface area contributed by atoms with Crippen molar-refractivity contribution in [2.24, 2.45) is 0 Å². The number of hydrogen-bond donors (Lipinski definition) is 0. The lowest BCUT2D eigenvalue weighted by Crippen LogP contribution is -2.42. The first-order valence-electron chi connectivity index (χ1n) is 10.2. The van der Waals surface area contributed by atoms with Gasteiger partial charge in [-0.2, -0.15) is 0 Å². The second-order valence-electron chi connectivity index (χ2n) is 7.86. The summed E-state index contributed by atoms with van der Waals surface area (Å²) in [5, 5.41) is 0. The minimum atomic E-state index is -0.210. The summed E-state index contributed by atoms with van der Waals surface area (Å²) in [4.78, 5) is 19.5. The molecule has 1 aliphatic carbocycles. The Morgan fingerprint density at radius 3 is 2.57 bits per heavy atom. The molecule has 0 N–H and O–H groups in total. The van der Waals surface area contributed by atoms with Gasteiger partial charge in [0, 0.05) is 37.9 Å². The van der Waals surface area contributed by atoms with Gasteiger partial charge in [0.05, 0.1) is 13.1 Å². The van der Waals surface area contributed by atoms with E-state index < -0.39 is 0 Å². The van der Waals surface area contributed by atoms with Crippen LogP contribution < -0.4 is 4.90 Å². The Balaban J connectivity index is 1.34. The predicted octanol–water partition coefficient (Wildman–Crippen LogP) is 3.43. The Kier molecular flexibility index (Phi) is 5.67. The molecule has 2 aromatic rings. The summed E-state index contributed by atoms with van der Waals surface area (Å²) in [6.45, 7) is 6.45. The van der Waals surface area contributed by atoms with Gasteiger partial charge in [-0.05, 0) is 62.6 Å². The molecule has 1 aliphatic heterocycles. The van der Waals surface area contributed by atoms with E-state index in [-0.39, 0.29) is 11.7 Å². The Bertz CT molecular complexity index is 800. The molecule has 28 heavy (non-hydrogen) atoms. The Morgan fingerprint density at radius 1 is 1.11 bits per heavy atom. The molecule has 0 bridgehead atoms. The number of nitrogens with zero attached hydrogens (tertiary/aromatic N) is 3. The number of carbonyl (C=O) groups is 1. The van der Waals surface area contributed by atoms with Crippen molar-refractivity contribution in [3.8, 4) is 0 Å². The molecule has 150 valence electrons. The second kappa shape index (κ2) is 8.35. The number of amides is 1. The molecule has 0 spiro atoms. The number of benzene rings is 1. The number of furan rings is 1. The third kappa shape index (κ3) is 4.73. The van der Waals surface area contributed by atoms with Crippen molar-refractivity contribution in [1.29, 1.82) is 0 Å². The average molecular weight is 385 g/mol. The minimum Gasteiger partial charge on any atom is -0.464 e. The van der Waals surface area contributed by atoms with Gasteiger partial charge in [-0.25, -0.2) is 4.39 Å². The molecule has 1 aromatic carbocycles. The Labute approximate surface area is 165 Å². The number of aryl methyl sites for hydroxylation is 1. The lowest BCUT2D eigenvalue weighted by Gasteiger charge is -2.26. The fourth-order valence-electron chi connectivity index (χ4n) is 3.87. The number of rotatable bonds is 6. The molecule has 5 nitrogen and oxygen atoms in total. The van der Waals surface area contributed by atoms with Gasteiger partial charge in [-0.3, -0.25) is 9.69 Å². The van der Waals surface area contributed by atoms with Crippen LogP contribution in [0, 0.1) is 12.7 Å². The zero-order valence-corrected chi connectivity index (χ0v) is 16.4. The number of anilines is 1. The third-order valence-corrected chi connectivity index (χ3v) is 5.57. The van der Waals surface area contributed by atoms with Crippen molar-refractivity contribution in [3.05, 3.63) is 53.7 Å². The van der Waals surface area contributed by atoms with Gasteiger partial charge >= 0.3 is 0 Å². The quantitative estimate of drug-likeness (QED) is 0.764. The smallest absolute Gasteiger partial charge is 0.237 e. The van der Waals surface area contributed by atoms with E-state index >= 15 is 0 Å². The zero-order chi connectivity index (χ0) is 19.5. The predicted molar refractivity (Wildman–Crippen MR) is 107 cm³/mol. The van der Waals surface area contributed by atoms with E-state index in [9.17, 15) is 9.18 Å². The monoisotopic (exact) mass is 385 g/mol. The number of halogens is 1. The normalized spacial score (nSPS) is 18.1. The van der Waals surface area contributed by atoms with Crippen LogP contribution in [-0.4, -0.2) is 54.5 Å². The molecule has 0 unspecified atom stereocenters. The summed E-state index contributed by atoms with van der Waals surface area (Å²) in [5.74, 6) is 1.71. The van der Waals surface area contributed by atoms with Gasteiger partial charge < -0.3 is 14.2 Å². The maximum Gasteiger partial charge on any atom is 0.237 e. The van der Waals surface area contributed by atoms with Crippen LogP contribution in [0.1, 0.15) is 30.8 Å². The molecule has 1 amide bonds. The zero-order valence-electron chi connectivity index (χ0n) is 16.4. The van der Waals surface area contributed by atoms with Crippen molar-refractivity contribution < 1.29 is 13.6 Å². The molecule has 1 saturated carbocycles. The average Bonchev–Trinajstić information content (AvgIpc) is 3.47. The van der Waals surface area contributed by atoms with Crippen molar-refractivity contribution in [2.75, 3.05) is 37.6 Å². The Hall–Kier alpha value is -2.34. The summed E-state index contributed by atoms with van der Waals surface area (Å²) < 4.78 is 18.9. The standard InChI is InChI=1S/C22H28FN3O2/c1-17-3-10-21(28-17)15-26(20-8-9-20)22(27)16-24-11-2-12-25(14-13-24)19-6-4-18(23)5-7-19/h3-7,10,20H,2,8-9,11-16H2,1H3. The molecule has 0 radical (unpaired) electrons. The lowest BCUT2D eigenvalue weighted by atomic mass is 10.2. The summed E-state index contributed by atoms with van der Waals surface area (Å²) in [5.41, 5.74) is 1.04. The van der Waals surface area contributed by atoms with Gasteiger partial charge in [-0.15, -0.1) is 0 Å². The van der Waals surface area contributed by atoms with Crippen molar-refractivity contribution >= 4 is 11.6 Å². The van der Waals surface area contributed by atoms with E-state index in [2.05, 4.69) is 9.80 Å². The highest BCUT2D eigenvalue weighted by molar-refractivity contribution is 5.79. The molecule has 2 heterocycles. The Morgan fingerprint density at radius 2 is 1.89 bits per heavy atom. The number of carbonyl (C=O) groups excluding carboxylic acids is 1. The van der Waals surface area contributed by atoms with E-state index in [1.807, 2.05) is 36.1 Å². The minimum absolute atomic E-state index is 0.187. The van der Waals surface area contributed by atoms with Crippen LogP contribution in [0.25, 0.3) is 0 Å². The fourth-order valence-corrected chi connectivity index (χ4v) is 3.87. The van der Waals surface area contributed by atoms with Gasteiger partial charge in [0.25, 0.3) is 0 Å². The molecular weight excluding hydrogens is 357 g/mol. The van der Waals surface area contributed by atoms with Crippen molar-refractivity contribution in [2.45, 2.75) is 38.8 Å². The van der Waals surface area contributed by atoms with Crippen LogP contribution >= 0.6 is 0 Å². The highest BCUT2D eigenvalue weighted by atomic mass is 19.1. The molecule has 4 rings (SSSR count). The van der Waals surface area contributed by atoms with Crippen LogP contribution in [0.5, 0.6) is 0 Å². The fraction of sp³-hybridized carbons (Fsp3) is 0.500. The van der Waals surface area contributed by atoms with E-state index in [0.717, 1.165) is 62.6 Å². The van der Waals surface area contributed by atoms with Crippen LogP contribution in [0.4, 0.5) is 10.1 Å². The van der Waals surface area contributed by atoms with Gasteiger partial charge in [0.15, 0.2) is 0 Å². The molecule has 1 saturated heterocycles. The summed E-state index contributed by atoms with van der Waals surface area (Å²) in [7, 11) is 0. The molecule has 2 aliphatic rings. The highest BCUT2D eigenvalue weighted by Crippen LogP contribution is 2.29. The van der Waals surface area contributed by atoms with Crippen molar-refractivity contribution in [3.63, 3.8) is 0 Å². The second-order valence-corrected chi connectivity index (χ2v) is 7.86. The van der Waals surface area contributed by atoms with E-state index in [0.29, 0.717) is 19.1 Å². The lowest BCUT2D eigenvalue weighted by molar-refractivity contribution is -0.133. The summed E-state index contributed by atoms with van der Waals surface area (Å²) in [6.07, 6.45) is 3.17. The molecule has 1 aromatic heterocycles.